The first-order valence-corrected chi connectivity index (χ1v) is 8.35. The average Bonchev–Trinajstić information content (AvgIpc) is 2.47. The van der Waals surface area contributed by atoms with Crippen LogP contribution >= 0.6 is 11.6 Å². The molecule has 0 saturated carbocycles. The Hall–Kier alpha value is -1.40. The average molecular weight is 325 g/mol. The van der Waals surface area contributed by atoms with Crippen molar-refractivity contribution in [2.45, 2.75) is 24.4 Å². The van der Waals surface area contributed by atoms with E-state index in [-0.39, 0.29) is 10.9 Å². The quantitative estimate of drug-likeness (QED) is 0.888. The van der Waals surface area contributed by atoms with Crippen molar-refractivity contribution in [1.82, 2.24) is 4.72 Å². The minimum absolute atomic E-state index is 0.223. The molecule has 6 heteroatoms. The van der Waals surface area contributed by atoms with Crippen LogP contribution in [0.3, 0.4) is 0 Å². The Morgan fingerprint density at radius 2 is 1.67 bits per heavy atom. The third-order valence-corrected chi connectivity index (χ3v) is 4.98. The molecule has 0 aliphatic carbocycles. The molecule has 112 valence electrons. The van der Waals surface area contributed by atoms with Gasteiger partial charge in [0, 0.05) is 17.6 Å². The Bertz CT molecular complexity index is 697. The summed E-state index contributed by atoms with van der Waals surface area (Å²) in [5, 5.41) is 0.617. The Kier molecular flexibility index (Phi) is 5.00. The maximum absolute atomic E-state index is 12.3. The SMILES string of the molecule is C[C@@H](NS(=O)(=O)c1ccc(CN)cc1)c1ccc(Cl)cc1. The Labute approximate surface area is 130 Å². The molecular formula is C15H17ClN2O2S. The van der Waals surface area contributed by atoms with Crippen molar-refractivity contribution in [2.75, 3.05) is 0 Å². The molecule has 0 bridgehead atoms. The lowest BCUT2D eigenvalue weighted by atomic mass is 10.1. The summed E-state index contributed by atoms with van der Waals surface area (Å²) in [6.45, 7) is 2.17. The summed E-state index contributed by atoms with van der Waals surface area (Å²) in [4.78, 5) is 0.223. The zero-order chi connectivity index (χ0) is 15.5. The molecule has 0 radical (unpaired) electrons. The predicted molar refractivity (Wildman–Crippen MR) is 84.5 cm³/mol. The molecule has 0 aliphatic rings. The van der Waals surface area contributed by atoms with Crippen LogP contribution in [0.5, 0.6) is 0 Å². The highest BCUT2D eigenvalue weighted by Gasteiger charge is 2.18. The highest BCUT2D eigenvalue weighted by Crippen LogP contribution is 2.19. The number of nitrogens with two attached hydrogens (primary N) is 1. The smallest absolute Gasteiger partial charge is 0.241 e. The number of sulfonamides is 1. The lowest BCUT2D eigenvalue weighted by Gasteiger charge is -2.15. The Morgan fingerprint density at radius 3 is 2.19 bits per heavy atom. The van der Waals surface area contributed by atoms with Gasteiger partial charge in [-0.3, -0.25) is 0 Å². The molecule has 0 unspecified atom stereocenters. The van der Waals surface area contributed by atoms with Crippen LogP contribution in [-0.2, 0) is 16.6 Å². The van der Waals surface area contributed by atoms with Crippen molar-refractivity contribution in [3.63, 3.8) is 0 Å². The van der Waals surface area contributed by atoms with Crippen molar-refractivity contribution >= 4 is 21.6 Å². The molecule has 21 heavy (non-hydrogen) atoms. The van der Waals surface area contributed by atoms with Gasteiger partial charge >= 0.3 is 0 Å². The van der Waals surface area contributed by atoms with Crippen LogP contribution in [-0.4, -0.2) is 8.42 Å². The molecule has 2 rings (SSSR count). The zero-order valence-electron chi connectivity index (χ0n) is 11.6. The van der Waals surface area contributed by atoms with Gasteiger partial charge in [0.05, 0.1) is 4.90 Å². The Morgan fingerprint density at radius 1 is 1.10 bits per heavy atom. The molecule has 0 aliphatic heterocycles. The van der Waals surface area contributed by atoms with E-state index >= 15 is 0 Å². The van der Waals surface area contributed by atoms with E-state index < -0.39 is 10.0 Å². The maximum atomic E-state index is 12.3. The molecular weight excluding hydrogens is 308 g/mol. The van der Waals surface area contributed by atoms with Crippen LogP contribution < -0.4 is 10.5 Å². The van der Waals surface area contributed by atoms with E-state index in [1.807, 2.05) is 0 Å². The normalized spacial score (nSPS) is 13.1. The molecule has 3 N–H and O–H groups in total. The fraction of sp³-hybridized carbons (Fsp3) is 0.200. The molecule has 2 aromatic rings. The van der Waals surface area contributed by atoms with Crippen molar-refractivity contribution in [3.05, 3.63) is 64.7 Å². The summed E-state index contributed by atoms with van der Waals surface area (Å²) < 4.78 is 27.3. The number of benzene rings is 2. The Balaban J connectivity index is 2.17. The molecule has 0 fully saturated rings. The minimum atomic E-state index is -3.57. The van der Waals surface area contributed by atoms with Crippen molar-refractivity contribution < 1.29 is 8.42 Å². The molecule has 0 heterocycles. The van der Waals surface area contributed by atoms with Crippen LogP contribution in [0.4, 0.5) is 0 Å². The van der Waals surface area contributed by atoms with Gasteiger partial charge in [-0.2, -0.15) is 0 Å². The second-order valence-electron chi connectivity index (χ2n) is 4.74. The number of hydrogen-bond donors (Lipinski definition) is 2. The maximum Gasteiger partial charge on any atom is 0.241 e. The summed E-state index contributed by atoms with van der Waals surface area (Å²) in [5.74, 6) is 0. The van der Waals surface area contributed by atoms with Crippen molar-refractivity contribution in [1.29, 1.82) is 0 Å². The van der Waals surface area contributed by atoms with Crippen molar-refractivity contribution in [2.24, 2.45) is 5.73 Å². The second kappa shape index (κ2) is 6.58. The van der Waals surface area contributed by atoms with Crippen LogP contribution in [0.2, 0.25) is 5.02 Å². The van der Waals surface area contributed by atoms with Gasteiger partial charge in [0.25, 0.3) is 0 Å². The summed E-state index contributed by atoms with van der Waals surface area (Å²) in [5.41, 5.74) is 7.24. The van der Waals surface area contributed by atoms with Crippen LogP contribution in [0, 0.1) is 0 Å². The second-order valence-corrected chi connectivity index (χ2v) is 6.89. The first-order chi connectivity index (χ1) is 9.92. The molecule has 0 saturated heterocycles. The van der Waals surface area contributed by atoms with Crippen LogP contribution in [0.15, 0.2) is 53.4 Å². The largest absolute Gasteiger partial charge is 0.326 e. The van der Waals surface area contributed by atoms with Gasteiger partial charge in [-0.05, 0) is 42.3 Å². The van der Waals surface area contributed by atoms with Gasteiger partial charge in [-0.15, -0.1) is 0 Å². The number of rotatable bonds is 5. The third kappa shape index (κ3) is 4.04. The summed E-state index contributed by atoms with van der Waals surface area (Å²) in [6.07, 6.45) is 0. The molecule has 2 aromatic carbocycles. The van der Waals surface area contributed by atoms with E-state index in [1.165, 1.54) is 0 Å². The fourth-order valence-electron chi connectivity index (χ4n) is 1.92. The van der Waals surface area contributed by atoms with Gasteiger partial charge in [0.1, 0.15) is 0 Å². The van der Waals surface area contributed by atoms with Crippen molar-refractivity contribution in [3.8, 4) is 0 Å². The van der Waals surface area contributed by atoms with Gasteiger partial charge in [0.2, 0.25) is 10.0 Å². The van der Waals surface area contributed by atoms with E-state index in [0.717, 1.165) is 11.1 Å². The van der Waals surface area contributed by atoms with E-state index in [9.17, 15) is 8.42 Å². The highest BCUT2D eigenvalue weighted by molar-refractivity contribution is 7.89. The number of halogens is 1. The lowest BCUT2D eigenvalue weighted by Crippen LogP contribution is -2.26. The first-order valence-electron chi connectivity index (χ1n) is 6.49. The first kappa shape index (κ1) is 16.0. The predicted octanol–water partition coefficient (Wildman–Crippen LogP) is 2.84. The number of hydrogen-bond acceptors (Lipinski definition) is 3. The van der Waals surface area contributed by atoms with Crippen LogP contribution in [0.1, 0.15) is 24.1 Å². The van der Waals surface area contributed by atoms with E-state index in [1.54, 1.807) is 55.5 Å². The van der Waals surface area contributed by atoms with E-state index in [4.69, 9.17) is 17.3 Å². The fourth-order valence-corrected chi connectivity index (χ4v) is 3.28. The summed E-state index contributed by atoms with van der Waals surface area (Å²) in [6, 6.07) is 13.2. The lowest BCUT2D eigenvalue weighted by molar-refractivity contribution is 0.567. The summed E-state index contributed by atoms with van der Waals surface area (Å²) in [7, 11) is -3.57. The van der Waals surface area contributed by atoms with E-state index in [0.29, 0.717) is 11.6 Å². The summed E-state index contributed by atoms with van der Waals surface area (Å²) >= 11 is 5.83. The molecule has 1 atom stereocenters. The minimum Gasteiger partial charge on any atom is -0.326 e. The van der Waals surface area contributed by atoms with Crippen LogP contribution in [0.25, 0.3) is 0 Å². The molecule has 0 aromatic heterocycles. The van der Waals surface area contributed by atoms with Gasteiger partial charge in [0.15, 0.2) is 0 Å². The molecule has 0 amide bonds. The monoisotopic (exact) mass is 324 g/mol. The van der Waals surface area contributed by atoms with Gasteiger partial charge in [-0.1, -0.05) is 35.9 Å². The molecule has 4 nitrogen and oxygen atoms in total. The number of nitrogens with one attached hydrogen (secondary N) is 1. The van der Waals surface area contributed by atoms with Gasteiger partial charge in [-0.25, -0.2) is 13.1 Å². The highest BCUT2D eigenvalue weighted by atomic mass is 35.5. The zero-order valence-corrected chi connectivity index (χ0v) is 13.2. The van der Waals surface area contributed by atoms with Gasteiger partial charge < -0.3 is 5.73 Å². The third-order valence-electron chi connectivity index (χ3n) is 3.17. The molecule has 0 spiro atoms. The standard InChI is InChI=1S/C15H17ClN2O2S/c1-11(13-4-6-14(16)7-5-13)18-21(19,20)15-8-2-12(10-17)3-9-15/h2-9,11,18H,10,17H2,1H3/t11-/m1/s1. The topological polar surface area (TPSA) is 72.2 Å². The van der Waals surface area contributed by atoms with E-state index in [2.05, 4.69) is 4.72 Å².